The Hall–Kier alpha value is -3.29. The number of phenols is 1. The maximum absolute atomic E-state index is 11.1. The molecule has 8 heteroatoms. The maximum atomic E-state index is 11.1. The molecule has 0 bridgehead atoms. The number of aromatic nitrogens is 3. The molecule has 26 heavy (non-hydrogen) atoms. The normalized spacial score (nSPS) is 15.5. The molecule has 3 aromatic rings. The molecule has 1 amide bonds. The number of nitrogen functional groups attached to an aromatic ring is 1. The Labute approximate surface area is 149 Å². The van der Waals surface area contributed by atoms with Crippen molar-refractivity contribution in [3.05, 3.63) is 36.8 Å². The quantitative estimate of drug-likeness (QED) is 0.652. The van der Waals surface area contributed by atoms with Gasteiger partial charge in [0.15, 0.2) is 0 Å². The van der Waals surface area contributed by atoms with Crippen molar-refractivity contribution in [1.82, 2.24) is 19.4 Å². The Morgan fingerprint density at radius 3 is 2.69 bits per heavy atom. The molecular weight excluding hydrogens is 334 g/mol. The first-order chi connectivity index (χ1) is 12.5. The number of nitrogens with zero attached hydrogens (tertiary/aromatic N) is 4. The van der Waals surface area contributed by atoms with Crippen LogP contribution >= 0.6 is 0 Å². The van der Waals surface area contributed by atoms with Crippen molar-refractivity contribution < 1.29 is 15.0 Å². The van der Waals surface area contributed by atoms with E-state index >= 15 is 0 Å². The number of carbonyl (C=O) groups is 1. The molecule has 1 saturated heterocycles. The minimum absolute atomic E-state index is 0.133. The van der Waals surface area contributed by atoms with Crippen LogP contribution in [0.25, 0.3) is 22.2 Å². The Balaban J connectivity index is 1.80. The highest BCUT2D eigenvalue weighted by molar-refractivity contribution is 6.00. The molecule has 134 valence electrons. The summed E-state index contributed by atoms with van der Waals surface area (Å²) in [4.78, 5) is 21.1. The van der Waals surface area contributed by atoms with Gasteiger partial charge < -0.3 is 25.4 Å². The topological polar surface area (TPSA) is 118 Å². The highest BCUT2D eigenvalue weighted by Crippen LogP contribution is 2.37. The van der Waals surface area contributed by atoms with Gasteiger partial charge in [0, 0.05) is 30.9 Å². The van der Waals surface area contributed by atoms with E-state index in [4.69, 9.17) is 10.8 Å². The second-order valence-corrected chi connectivity index (χ2v) is 6.46. The molecule has 0 unspecified atom stereocenters. The van der Waals surface area contributed by atoms with Gasteiger partial charge >= 0.3 is 6.09 Å². The number of phenolic OH excluding ortho intramolecular Hbond substituents is 1. The molecule has 1 aliphatic rings. The molecule has 1 aromatic carbocycles. The molecule has 0 spiro atoms. The van der Waals surface area contributed by atoms with Crippen LogP contribution in [-0.2, 0) is 0 Å². The lowest BCUT2D eigenvalue weighted by Gasteiger charge is -2.31. The largest absolute Gasteiger partial charge is 0.508 e. The standard InChI is InChI=1S/C18H19N5O3/c19-16-15-14(11-2-1-3-13(24)8-11)9-23(17(15)21-10-20-16)12-4-6-22(7-5-12)18(25)26/h1-3,8-10,12,24H,4-7H2,(H,25,26)(H2,19,20,21). The van der Waals surface area contributed by atoms with E-state index < -0.39 is 6.09 Å². The third-order valence-electron chi connectivity index (χ3n) is 4.92. The van der Waals surface area contributed by atoms with Crippen molar-refractivity contribution in [2.24, 2.45) is 0 Å². The molecule has 1 aliphatic heterocycles. The molecule has 4 rings (SSSR count). The molecule has 2 aromatic heterocycles. The monoisotopic (exact) mass is 353 g/mol. The highest BCUT2D eigenvalue weighted by Gasteiger charge is 2.26. The van der Waals surface area contributed by atoms with Crippen LogP contribution in [-0.4, -0.2) is 48.8 Å². The second-order valence-electron chi connectivity index (χ2n) is 6.46. The van der Waals surface area contributed by atoms with Gasteiger partial charge in [0.1, 0.15) is 23.5 Å². The van der Waals surface area contributed by atoms with E-state index in [1.165, 1.54) is 11.2 Å². The number of amides is 1. The fourth-order valence-corrected chi connectivity index (χ4v) is 3.61. The number of carboxylic acid groups (broad SMARTS) is 1. The first kappa shape index (κ1) is 16.2. The zero-order valence-electron chi connectivity index (χ0n) is 14.0. The van der Waals surface area contributed by atoms with E-state index in [-0.39, 0.29) is 11.8 Å². The number of fused-ring (bicyclic) bond motifs is 1. The van der Waals surface area contributed by atoms with E-state index in [0.717, 1.165) is 22.2 Å². The number of anilines is 1. The van der Waals surface area contributed by atoms with Crippen LogP contribution in [0.15, 0.2) is 36.8 Å². The van der Waals surface area contributed by atoms with Crippen molar-refractivity contribution in [3.8, 4) is 16.9 Å². The van der Waals surface area contributed by atoms with Gasteiger partial charge in [-0.2, -0.15) is 0 Å². The smallest absolute Gasteiger partial charge is 0.407 e. The predicted molar refractivity (Wildman–Crippen MR) is 96.9 cm³/mol. The molecule has 0 aliphatic carbocycles. The first-order valence-electron chi connectivity index (χ1n) is 8.43. The van der Waals surface area contributed by atoms with Gasteiger partial charge in [0.25, 0.3) is 0 Å². The van der Waals surface area contributed by atoms with Crippen molar-refractivity contribution in [3.63, 3.8) is 0 Å². The van der Waals surface area contributed by atoms with Crippen LogP contribution < -0.4 is 5.73 Å². The summed E-state index contributed by atoms with van der Waals surface area (Å²) in [7, 11) is 0. The summed E-state index contributed by atoms with van der Waals surface area (Å²) in [5.74, 6) is 0.559. The van der Waals surface area contributed by atoms with Gasteiger partial charge in [-0.15, -0.1) is 0 Å². The SMILES string of the molecule is Nc1ncnc2c1c(-c1cccc(O)c1)cn2C1CCN(C(=O)O)CC1. The molecule has 0 saturated carbocycles. The zero-order chi connectivity index (χ0) is 18.3. The van der Waals surface area contributed by atoms with Crippen molar-refractivity contribution >= 4 is 22.9 Å². The van der Waals surface area contributed by atoms with E-state index in [2.05, 4.69) is 14.5 Å². The lowest BCUT2D eigenvalue weighted by atomic mass is 10.1. The van der Waals surface area contributed by atoms with E-state index in [1.54, 1.807) is 18.2 Å². The lowest BCUT2D eigenvalue weighted by molar-refractivity contribution is 0.126. The van der Waals surface area contributed by atoms with Crippen LogP contribution in [0.4, 0.5) is 10.6 Å². The van der Waals surface area contributed by atoms with Crippen LogP contribution in [0.3, 0.4) is 0 Å². The number of aromatic hydroxyl groups is 1. The summed E-state index contributed by atoms with van der Waals surface area (Å²) in [6.07, 6.45) is 3.95. The van der Waals surface area contributed by atoms with Crippen LogP contribution in [0.1, 0.15) is 18.9 Å². The molecule has 0 radical (unpaired) electrons. The zero-order valence-corrected chi connectivity index (χ0v) is 14.0. The number of nitrogens with two attached hydrogens (primary N) is 1. The van der Waals surface area contributed by atoms with Crippen molar-refractivity contribution in [2.45, 2.75) is 18.9 Å². The fraction of sp³-hybridized carbons (Fsp3) is 0.278. The van der Waals surface area contributed by atoms with Crippen LogP contribution in [0, 0.1) is 0 Å². The summed E-state index contributed by atoms with van der Waals surface area (Å²) >= 11 is 0. The molecule has 4 N–H and O–H groups in total. The highest BCUT2D eigenvalue weighted by atomic mass is 16.4. The van der Waals surface area contributed by atoms with Gasteiger partial charge in [-0.1, -0.05) is 12.1 Å². The second kappa shape index (κ2) is 6.21. The van der Waals surface area contributed by atoms with Gasteiger partial charge in [-0.3, -0.25) is 0 Å². The third kappa shape index (κ3) is 2.69. The van der Waals surface area contributed by atoms with Crippen LogP contribution in [0.2, 0.25) is 0 Å². The summed E-state index contributed by atoms with van der Waals surface area (Å²) in [6.45, 7) is 0.976. The van der Waals surface area contributed by atoms with Gasteiger partial charge in [0.2, 0.25) is 0 Å². The molecule has 8 nitrogen and oxygen atoms in total. The van der Waals surface area contributed by atoms with E-state index in [1.807, 2.05) is 12.3 Å². The summed E-state index contributed by atoms with van der Waals surface area (Å²) in [5, 5.41) is 19.7. The third-order valence-corrected chi connectivity index (χ3v) is 4.92. The summed E-state index contributed by atoms with van der Waals surface area (Å²) in [5.41, 5.74) is 8.54. The summed E-state index contributed by atoms with van der Waals surface area (Å²) < 4.78 is 2.06. The number of likely N-dealkylation sites (tertiary alicyclic amines) is 1. The van der Waals surface area contributed by atoms with E-state index in [9.17, 15) is 9.90 Å². The predicted octanol–water partition coefficient (Wildman–Crippen LogP) is 2.70. The number of rotatable bonds is 2. The first-order valence-corrected chi connectivity index (χ1v) is 8.43. The average Bonchev–Trinajstić information content (AvgIpc) is 3.03. The number of hydrogen-bond donors (Lipinski definition) is 3. The van der Waals surface area contributed by atoms with Crippen molar-refractivity contribution in [2.75, 3.05) is 18.8 Å². The Kier molecular flexibility index (Phi) is 3.87. The number of benzene rings is 1. The van der Waals surface area contributed by atoms with Gasteiger partial charge in [-0.25, -0.2) is 14.8 Å². The van der Waals surface area contributed by atoms with Crippen LogP contribution in [0.5, 0.6) is 5.75 Å². The fourth-order valence-electron chi connectivity index (χ4n) is 3.61. The Morgan fingerprint density at radius 2 is 2.00 bits per heavy atom. The Morgan fingerprint density at radius 1 is 1.23 bits per heavy atom. The molecule has 3 heterocycles. The summed E-state index contributed by atoms with van der Waals surface area (Å²) in [6, 6.07) is 7.11. The number of piperidine rings is 1. The van der Waals surface area contributed by atoms with E-state index in [0.29, 0.717) is 31.7 Å². The molecular formula is C18H19N5O3. The molecule has 0 atom stereocenters. The lowest BCUT2D eigenvalue weighted by Crippen LogP contribution is -2.38. The minimum Gasteiger partial charge on any atom is -0.508 e. The molecule has 1 fully saturated rings. The van der Waals surface area contributed by atoms with Gasteiger partial charge in [-0.05, 0) is 30.5 Å². The average molecular weight is 353 g/mol. The minimum atomic E-state index is -0.882. The maximum Gasteiger partial charge on any atom is 0.407 e. The Bertz CT molecular complexity index is 976. The van der Waals surface area contributed by atoms with Crippen molar-refractivity contribution in [1.29, 1.82) is 0 Å². The number of hydrogen-bond acceptors (Lipinski definition) is 5. The van der Waals surface area contributed by atoms with Gasteiger partial charge in [0.05, 0.1) is 5.39 Å².